The summed E-state index contributed by atoms with van der Waals surface area (Å²) >= 11 is 0. The highest BCUT2D eigenvalue weighted by Crippen LogP contribution is 2.16. The number of aromatic amines is 1. The van der Waals surface area contributed by atoms with E-state index in [-0.39, 0.29) is 0 Å². The number of aryl methyl sites for hydroxylation is 1. The maximum absolute atomic E-state index is 4.79. The quantitative estimate of drug-likeness (QED) is 0.347. The minimum absolute atomic E-state index is 0.538. The second-order valence-electron chi connectivity index (χ2n) is 7.50. The number of hydrogen-bond donors (Lipinski definition) is 2. The van der Waals surface area contributed by atoms with Gasteiger partial charge in [-0.25, -0.2) is 19.9 Å². The molecule has 0 radical (unpaired) electrons. The van der Waals surface area contributed by atoms with Crippen LogP contribution in [0.5, 0.6) is 0 Å². The van der Waals surface area contributed by atoms with Crippen molar-refractivity contribution in [2.75, 3.05) is 13.6 Å². The van der Waals surface area contributed by atoms with Crippen LogP contribution >= 0.6 is 0 Å². The highest BCUT2D eigenvalue weighted by Gasteiger charge is 2.10. The number of hydrogen-bond acceptors (Lipinski definition) is 4. The predicted octanol–water partition coefficient (Wildman–Crippen LogP) is 3.56. The summed E-state index contributed by atoms with van der Waals surface area (Å²) in [5, 5.41) is 3.35. The average molecular weight is 429 g/mol. The molecule has 164 valence electrons. The molecule has 8 nitrogen and oxygen atoms in total. The van der Waals surface area contributed by atoms with Gasteiger partial charge in [-0.2, -0.15) is 0 Å². The SMILES string of the molecule is CCNC(=NCc1ccc(-n2ccnc2C)nc1)N(C)Cc1ncc(-c2ccccc2)[nH]1. The van der Waals surface area contributed by atoms with E-state index in [1.165, 1.54) is 0 Å². The first-order valence-corrected chi connectivity index (χ1v) is 10.7. The molecule has 0 bridgehead atoms. The Hall–Kier alpha value is -3.94. The predicted molar refractivity (Wildman–Crippen MR) is 126 cm³/mol. The Kier molecular flexibility index (Phi) is 6.60. The lowest BCUT2D eigenvalue weighted by Gasteiger charge is -2.21. The van der Waals surface area contributed by atoms with Gasteiger partial charge in [-0.05, 0) is 31.0 Å². The zero-order valence-electron chi connectivity index (χ0n) is 18.7. The summed E-state index contributed by atoms with van der Waals surface area (Å²) in [4.78, 5) is 23.6. The molecule has 0 saturated carbocycles. The fourth-order valence-electron chi connectivity index (χ4n) is 3.42. The molecule has 3 heterocycles. The van der Waals surface area contributed by atoms with Crippen LogP contribution in [0.2, 0.25) is 0 Å². The van der Waals surface area contributed by atoms with Gasteiger partial charge in [0.15, 0.2) is 5.96 Å². The van der Waals surface area contributed by atoms with E-state index in [1.54, 1.807) is 6.20 Å². The number of aromatic nitrogens is 5. The molecule has 8 heteroatoms. The Bertz CT molecular complexity index is 1160. The van der Waals surface area contributed by atoms with Crippen molar-refractivity contribution in [2.24, 2.45) is 4.99 Å². The van der Waals surface area contributed by atoms with Crippen LogP contribution in [-0.2, 0) is 13.1 Å². The van der Waals surface area contributed by atoms with Gasteiger partial charge < -0.3 is 15.2 Å². The molecule has 0 aliphatic rings. The normalized spacial score (nSPS) is 11.5. The van der Waals surface area contributed by atoms with Crippen molar-refractivity contribution in [3.8, 4) is 17.1 Å². The molecule has 0 atom stereocenters. The summed E-state index contributed by atoms with van der Waals surface area (Å²) in [6, 6.07) is 14.2. The molecule has 0 spiro atoms. The Balaban J connectivity index is 1.42. The van der Waals surface area contributed by atoms with Crippen molar-refractivity contribution < 1.29 is 0 Å². The zero-order valence-corrected chi connectivity index (χ0v) is 18.7. The maximum atomic E-state index is 4.79. The molecule has 0 aliphatic carbocycles. The molecule has 0 unspecified atom stereocenters. The largest absolute Gasteiger partial charge is 0.357 e. The summed E-state index contributed by atoms with van der Waals surface area (Å²) in [7, 11) is 2.01. The first-order chi connectivity index (χ1) is 15.6. The van der Waals surface area contributed by atoms with E-state index >= 15 is 0 Å². The molecule has 0 saturated heterocycles. The monoisotopic (exact) mass is 428 g/mol. The highest BCUT2D eigenvalue weighted by atomic mass is 15.3. The van der Waals surface area contributed by atoms with Crippen LogP contribution < -0.4 is 5.32 Å². The van der Waals surface area contributed by atoms with E-state index in [0.29, 0.717) is 13.1 Å². The third-order valence-electron chi connectivity index (χ3n) is 5.09. The van der Waals surface area contributed by atoms with E-state index in [0.717, 1.165) is 46.8 Å². The molecule has 2 N–H and O–H groups in total. The third kappa shape index (κ3) is 5.03. The number of nitrogens with zero attached hydrogens (tertiary/aromatic N) is 6. The first-order valence-electron chi connectivity index (χ1n) is 10.7. The minimum atomic E-state index is 0.538. The van der Waals surface area contributed by atoms with E-state index < -0.39 is 0 Å². The van der Waals surface area contributed by atoms with Crippen LogP contribution in [0, 0.1) is 6.92 Å². The van der Waals surface area contributed by atoms with Gasteiger partial charge in [-0.1, -0.05) is 36.4 Å². The van der Waals surface area contributed by atoms with Crippen LogP contribution in [0.1, 0.15) is 24.1 Å². The standard InChI is InChI=1S/C24H28N8/c1-4-25-24(29-15-19-10-11-23(28-14-19)32-13-12-26-18(32)2)31(3)17-22-27-16-21(30-22)20-8-6-5-7-9-20/h5-14,16H,4,15,17H2,1-3H3,(H,25,29)(H,27,30). The number of pyridine rings is 1. The number of imidazole rings is 2. The Morgan fingerprint density at radius 2 is 1.94 bits per heavy atom. The smallest absolute Gasteiger partial charge is 0.194 e. The van der Waals surface area contributed by atoms with Crippen LogP contribution in [0.3, 0.4) is 0 Å². The van der Waals surface area contributed by atoms with Gasteiger partial charge in [0.05, 0.1) is 25.0 Å². The van der Waals surface area contributed by atoms with Gasteiger partial charge in [0.2, 0.25) is 0 Å². The van der Waals surface area contributed by atoms with Gasteiger partial charge in [0.1, 0.15) is 17.5 Å². The minimum Gasteiger partial charge on any atom is -0.357 e. The van der Waals surface area contributed by atoms with E-state index in [2.05, 4.69) is 49.2 Å². The number of rotatable bonds is 7. The van der Waals surface area contributed by atoms with Crippen molar-refractivity contribution in [3.63, 3.8) is 0 Å². The number of guanidine groups is 1. The van der Waals surface area contributed by atoms with Gasteiger partial charge in [-0.3, -0.25) is 4.57 Å². The van der Waals surface area contributed by atoms with Crippen molar-refractivity contribution >= 4 is 5.96 Å². The van der Waals surface area contributed by atoms with Gasteiger partial charge >= 0.3 is 0 Å². The lowest BCUT2D eigenvalue weighted by atomic mass is 10.2. The summed E-state index contributed by atoms with van der Waals surface area (Å²) in [5.41, 5.74) is 3.17. The maximum Gasteiger partial charge on any atom is 0.194 e. The summed E-state index contributed by atoms with van der Waals surface area (Å²) in [6.45, 7) is 5.97. The molecule has 0 aliphatic heterocycles. The number of aliphatic imine (C=N–C) groups is 1. The topological polar surface area (TPSA) is 87.0 Å². The molecule has 0 amide bonds. The van der Waals surface area contributed by atoms with E-state index in [9.17, 15) is 0 Å². The second kappa shape index (κ2) is 9.91. The van der Waals surface area contributed by atoms with Crippen molar-refractivity contribution in [1.82, 2.24) is 34.7 Å². The lowest BCUT2D eigenvalue weighted by molar-refractivity contribution is 0.464. The van der Waals surface area contributed by atoms with Crippen molar-refractivity contribution in [1.29, 1.82) is 0 Å². The first kappa shape index (κ1) is 21.3. The number of H-pyrrole nitrogens is 1. The number of benzene rings is 1. The fraction of sp³-hybridized carbons (Fsp3) is 0.250. The van der Waals surface area contributed by atoms with Crippen LogP contribution in [-0.4, -0.2) is 49.0 Å². The Morgan fingerprint density at radius 3 is 2.62 bits per heavy atom. The zero-order chi connectivity index (χ0) is 22.3. The van der Waals surface area contributed by atoms with Gasteiger partial charge in [-0.15, -0.1) is 0 Å². The third-order valence-corrected chi connectivity index (χ3v) is 5.09. The van der Waals surface area contributed by atoms with Crippen molar-refractivity contribution in [3.05, 3.63) is 84.5 Å². The highest BCUT2D eigenvalue weighted by molar-refractivity contribution is 5.79. The second-order valence-corrected chi connectivity index (χ2v) is 7.50. The van der Waals surface area contributed by atoms with E-state index in [1.807, 2.05) is 67.5 Å². The van der Waals surface area contributed by atoms with Gasteiger partial charge in [0, 0.05) is 32.2 Å². The molecule has 0 fully saturated rings. The van der Waals surface area contributed by atoms with Crippen LogP contribution in [0.25, 0.3) is 17.1 Å². The Morgan fingerprint density at radius 1 is 1.09 bits per heavy atom. The lowest BCUT2D eigenvalue weighted by Crippen LogP contribution is -2.38. The molecule has 4 rings (SSSR count). The molecule has 32 heavy (non-hydrogen) atoms. The molecular formula is C24H28N8. The average Bonchev–Trinajstić information content (AvgIpc) is 3.46. The molecule has 4 aromatic rings. The van der Waals surface area contributed by atoms with Crippen LogP contribution in [0.15, 0.2) is 72.2 Å². The molecular weight excluding hydrogens is 400 g/mol. The molecule has 1 aromatic carbocycles. The summed E-state index contributed by atoms with van der Waals surface area (Å²) in [6.07, 6.45) is 7.42. The van der Waals surface area contributed by atoms with Crippen LogP contribution in [0.4, 0.5) is 0 Å². The Labute approximate surface area is 188 Å². The summed E-state index contributed by atoms with van der Waals surface area (Å²) < 4.78 is 1.96. The number of nitrogens with one attached hydrogen (secondary N) is 2. The van der Waals surface area contributed by atoms with Crippen molar-refractivity contribution in [2.45, 2.75) is 26.9 Å². The fourth-order valence-corrected chi connectivity index (χ4v) is 3.42. The summed E-state index contributed by atoms with van der Waals surface area (Å²) in [5.74, 6) is 3.47. The molecule has 3 aromatic heterocycles. The van der Waals surface area contributed by atoms with Gasteiger partial charge in [0.25, 0.3) is 0 Å². The van der Waals surface area contributed by atoms with E-state index in [4.69, 9.17) is 4.99 Å².